The fourth-order valence-electron chi connectivity index (χ4n) is 3.09. The van der Waals surface area contributed by atoms with Crippen molar-refractivity contribution in [2.75, 3.05) is 6.61 Å². The molecule has 0 saturated carbocycles. The van der Waals surface area contributed by atoms with Crippen LogP contribution in [0.1, 0.15) is 96.0 Å². The molecule has 0 aromatic heterocycles. The topological polar surface area (TPSA) is 46.5 Å². The summed E-state index contributed by atoms with van der Waals surface area (Å²) in [6.45, 7) is 2.83. The predicted molar refractivity (Wildman–Crippen MR) is 114 cm³/mol. The van der Waals surface area contributed by atoms with E-state index in [1.807, 2.05) is 18.2 Å². The number of rotatable bonds is 17. The lowest BCUT2D eigenvalue weighted by atomic mass is 10.1. The van der Waals surface area contributed by atoms with Crippen LogP contribution in [0.3, 0.4) is 0 Å². The van der Waals surface area contributed by atoms with Crippen LogP contribution in [-0.4, -0.2) is 17.7 Å². The van der Waals surface area contributed by atoms with Crippen molar-refractivity contribution >= 4 is 12.0 Å². The van der Waals surface area contributed by atoms with Gasteiger partial charge in [-0.2, -0.15) is 0 Å². The van der Waals surface area contributed by atoms with Crippen LogP contribution >= 0.6 is 0 Å². The van der Waals surface area contributed by atoms with E-state index in [4.69, 9.17) is 9.84 Å². The number of para-hydroxylation sites is 1. The van der Waals surface area contributed by atoms with E-state index < -0.39 is 5.97 Å². The first-order valence-electron chi connectivity index (χ1n) is 10.8. The summed E-state index contributed by atoms with van der Waals surface area (Å²) in [6.07, 6.45) is 19.4. The monoisotopic (exact) mass is 374 g/mol. The first-order valence-corrected chi connectivity index (χ1v) is 10.8. The summed E-state index contributed by atoms with van der Waals surface area (Å²) in [7, 11) is 0. The normalized spacial score (nSPS) is 11.1. The number of allylic oxidation sites excluding steroid dienone is 1. The molecule has 0 heterocycles. The molecule has 0 unspecified atom stereocenters. The minimum Gasteiger partial charge on any atom is -0.493 e. The number of benzene rings is 1. The summed E-state index contributed by atoms with van der Waals surface area (Å²) in [5.74, 6) is 0.144. The first-order chi connectivity index (χ1) is 13.2. The third kappa shape index (κ3) is 13.1. The molecule has 1 rings (SSSR count). The largest absolute Gasteiger partial charge is 0.493 e. The van der Waals surface area contributed by atoms with Gasteiger partial charge in [-0.25, -0.2) is 0 Å². The lowest BCUT2D eigenvalue weighted by molar-refractivity contribution is -0.137. The molecule has 0 saturated heterocycles. The molecule has 0 aliphatic carbocycles. The van der Waals surface area contributed by atoms with Crippen LogP contribution in [0.5, 0.6) is 5.75 Å². The van der Waals surface area contributed by atoms with Crippen LogP contribution in [0, 0.1) is 0 Å². The van der Waals surface area contributed by atoms with Gasteiger partial charge in [0.25, 0.3) is 0 Å². The van der Waals surface area contributed by atoms with Crippen LogP contribution < -0.4 is 4.74 Å². The Morgan fingerprint density at radius 2 is 1.59 bits per heavy atom. The molecule has 0 fully saturated rings. The van der Waals surface area contributed by atoms with E-state index in [9.17, 15) is 4.79 Å². The van der Waals surface area contributed by atoms with Gasteiger partial charge >= 0.3 is 5.97 Å². The summed E-state index contributed by atoms with van der Waals surface area (Å²) in [5.41, 5.74) is 1.10. The fourth-order valence-corrected chi connectivity index (χ4v) is 3.09. The molecule has 152 valence electrons. The Balaban J connectivity index is 2.15. The molecule has 3 heteroatoms. The Morgan fingerprint density at radius 3 is 2.30 bits per heavy atom. The molecule has 0 spiro atoms. The van der Waals surface area contributed by atoms with Crippen molar-refractivity contribution < 1.29 is 14.6 Å². The van der Waals surface area contributed by atoms with Gasteiger partial charge in [0.2, 0.25) is 0 Å². The first kappa shape index (κ1) is 23.3. The van der Waals surface area contributed by atoms with E-state index in [2.05, 4.69) is 25.1 Å². The quantitative estimate of drug-likeness (QED) is 0.292. The molecule has 3 nitrogen and oxygen atoms in total. The van der Waals surface area contributed by atoms with Crippen molar-refractivity contribution in [1.29, 1.82) is 0 Å². The van der Waals surface area contributed by atoms with Gasteiger partial charge in [0.15, 0.2) is 0 Å². The van der Waals surface area contributed by atoms with Gasteiger partial charge in [-0.05, 0) is 31.7 Å². The maximum Gasteiger partial charge on any atom is 0.303 e. The summed E-state index contributed by atoms with van der Waals surface area (Å²) in [5, 5.41) is 8.66. The maximum atomic E-state index is 10.5. The molecule has 0 amide bonds. The summed E-state index contributed by atoms with van der Waals surface area (Å²) >= 11 is 0. The van der Waals surface area contributed by atoms with Crippen molar-refractivity contribution in [2.24, 2.45) is 0 Å². The molecule has 0 aliphatic rings. The number of carbonyl (C=O) groups is 1. The Morgan fingerprint density at radius 1 is 0.926 bits per heavy atom. The van der Waals surface area contributed by atoms with Crippen LogP contribution in [0.4, 0.5) is 0 Å². The average Bonchev–Trinajstić information content (AvgIpc) is 2.66. The number of aliphatic carboxylic acids is 1. The van der Waals surface area contributed by atoms with E-state index in [1.54, 1.807) is 0 Å². The van der Waals surface area contributed by atoms with Crippen molar-refractivity contribution in [2.45, 2.75) is 90.4 Å². The second-order valence-corrected chi connectivity index (χ2v) is 7.26. The van der Waals surface area contributed by atoms with E-state index in [0.29, 0.717) is 13.0 Å². The molecule has 27 heavy (non-hydrogen) atoms. The van der Waals surface area contributed by atoms with Crippen LogP contribution in [0.15, 0.2) is 30.3 Å². The van der Waals surface area contributed by atoms with Crippen LogP contribution in [0.2, 0.25) is 0 Å². The van der Waals surface area contributed by atoms with Gasteiger partial charge in [0, 0.05) is 12.0 Å². The third-order valence-electron chi connectivity index (χ3n) is 4.73. The van der Waals surface area contributed by atoms with Gasteiger partial charge in [-0.3, -0.25) is 4.79 Å². The minimum absolute atomic E-state index is 0.212. The Labute approximate surface area is 165 Å². The van der Waals surface area contributed by atoms with E-state index in [-0.39, 0.29) is 6.42 Å². The zero-order valence-corrected chi connectivity index (χ0v) is 17.1. The summed E-state index contributed by atoms with van der Waals surface area (Å²) in [4.78, 5) is 10.5. The molecule has 1 aromatic carbocycles. The maximum absolute atomic E-state index is 10.5. The van der Waals surface area contributed by atoms with Crippen molar-refractivity contribution in [3.63, 3.8) is 0 Å². The van der Waals surface area contributed by atoms with Crippen molar-refractivity contribution in [3.05, 3.63) is 35.9 Å². The highest BCUT2D eigenvalue weighted by Crippen LogP contribution is 2.20. The van der Waals surface area contributed by atoms with Crippen LogP contribution in [0.25, 0.3) is 6.08 Å². The predicted octanol–water partition coefficient (Wildman–Crippen LogP) is 7.25. The third-order valence-corrected chi connectivity index (χ3v) is 4.73. The zero-order valence-electron chi connectivity index (χ0n) is 17.1. The number of unbranched alkanes of at least 4 members (excludes halogenated alkanes) is 10. The molecule has 1 aromatic rings. The molecule has 1 N–H and O–H groups in total. The SMILES string of the molecule is CCCCCCCCCCCC=Cc1ccccc1OCCCCC(=O)O. The standard InChI is InChI=1S/C24H38O3/c1-2-3-4-5-6-7-8-9-10-11-12-17-22-18-13-14-19-23(22)27-21-16-15-20-24(25)26/h12-14,17-19H,2-11,15-16,20-21H2,1H3,(H,25,26). The number of hydrogen-bond acceptors (Lipinski definition) is 2. The highest BCUT2D eigenvalue weighted by molar-refractivity contribution is 5.66. The number of carboxylic acid groups (broad SMARTS) is 1. The van der Waals surface area contributed by atoms with Gasteiger partial charge < -0.3 is 9.84 Å². The van der Waals surface area contributed by atoms with Crippen molar-refractivity contribution in [3.8, 4) is 5.75 Å². The van der Waals surface area contributed by atoms with E-state index in [1.165, 1.54) is 57.8 Å². The number of carboxylic acids is 1. The Kier molecular flexibility index (Phi) is 14.1. The fraction of sp³-hybridized carbons (Fsp3) is 0.625. The lowest BCUT2D eigenvalue weighted by Crippen LogP contribution is -2.01. The Bertz CT molecular complexity index is 522. The summed E-state index contributed by atoms with van der Waals surface area (Å²) < 4.78 is 5.83. The van der Waals surface area contributed by atoms with Gasteiger partial charge in [-0.15, -0.1) is 0 Å². The molecule has 0 radical (unpaired) electrons. The van der Waals surface area contributed by atoms with E-state index >= 15 is 0 Å². The van der Waals surface area contributed by atoms with E-state index in [0.717, 1.165) is 24.2 Å². The van der Waals surface area contributed by atoms with Gasteiger partial charge in [0.1, 0.15) is 5.75 Å². The molecule has 0 aliphatic heterocycles. The van der Waals surface area contributed by atoms with Crippen LogP contribution in [-0.2, 0) is 4.79 Å². The minimum atomic E-state index is -0.741. The molecule has 0 bridgehead atoms. The Hall–Kier alpha value is -1.77. The second-order valence-electron chi connectivity index (χ2n) is 7.26. The van der Waals surface area contributed by atoms with Crippen molar-refractivity contribution in [1.82, 2.24) is 0 Å². The number of hydrogen-bond donors (Lipinski definition) is 1. The summed E-state index contributed by atoms with van der Waals surface area (Å²) in [6, 6.07) is 8.05. The number of ether oxygens (including phenoxy) is 1. The molecular weight excluding hydrogens is 336 g/mol. The molecule has 0 atom stereocenters. The average molecular weight is 375 g/mol. The second kappa shape index (κ2) is 16.4. The highest BCUT2D eigenvalue weighted by Gasteiger charge is 2.01. The lowest BCUT2D eigenvalue weighted by Gasteiger charge is -2.08. The smallest absolute Gasteiger partial charge is 0.303 e. The highest BCUT2D eigenvalue weighted by atomic mass is 16.5. The van der Waals surface area contributed by atoms with Gasteiger partial charge in [0.05, 0.1) is 6.61 Å². The van der Waals surface area contributed by atoms with Gasteiger partial charge in [-0.1, -0.05) is 88.6 Å². The molecular formula is C24H38O3. The zero-order chi connectivity index (χ0) is 19.6.